The Morgan fingerprint density at radius 2 is 2.05 bits per heavy atom. The maximum atomic E-state index is 13.4. The van der Waals surface area contributed by atoms with Crippen LogP contribution >= 0.6 is 0 Å². The van der Waals surface area contributed by atoms with Crippen LogP contribution in [0.3, 0.4) is 0 Å². The third-order valence-electron chi connectivity index (χ3n) is 2.74. The van der Waals surface area contributed by atoms with Crippen LogP contribution in [0.5, 0.6) is 0 Å². The Morgan fingerprint density at radius 1 is 1.26 bits per heavy atom. The number of halogens is 1. The number of benzene rings is 1. The maximum absolute atomic E-state index is 13.4. The zero-order valence-electron chi connectivity index (χ0n) is 10.7. The summed E-state index contributed by atoms with van der Waals surface area (Å²) < 4.78 is 13.4. The third-order valence-corrected chi connectivity index (χ3v) is 2.74. The number of aliphatic hydroxyl groups excluding tert-OH is 1. The molecule has 0 aliphatic rings. The zero-order valence-corrected chi connectivity index (χ0v) is 10.7. The molecule has 1 atom stereocenters. The van der Waals surface area contributed by atoms with Crippen LogP contribution in [0.15, 0.2) is 36.7 Å². The van der Waals surface area contributed by atoms with E-state index in [1.54, 1.807) is 30.6 Å². The molecular weight excluding hydrogens is 245 g/mol. The largest absolute Gasteiger partial charge is 0.387 e. The standard InChI is InChI=1S/C14H16FN3O/c1-10-6-18-11(8-17-10)7-16-9-14(19)12-4-2-3-5-13(12)15/h2-6,8,14,16,19H,7,9H2,1H3. The number of nitrogens with one attached hydrogen (secondary N) is 1. The maximum Gasteiger partial charge on any atom is 0.129 e. The van der Waals surface area contributed by atoms with Gasteiger partial charge in [-0.2, -0.15) is 0 Å². The number of aromatic nitrogens is 2. The van der Waals surface area contributed by atoms with E-state index < -0.39 is 11.9 Å². The molecule has 0 aliphatic heterocycles. The smallest absolute Gasteiger partial charge is 0.129 e. The number of nitrogens with zero attached hydrogens (tertiary/aromatic N) is 2. The van der Waals surface area contributed by atoms with Crippen LogP contribution < -0.4 is 5.32 Å². The van der Waals surface area contributed by atoms with E-state index in [0.717, 1.165) is 11.4 Å². The van der Waals surface area contributed by atoms with E-state index in [9.17, 15) is 9.50 Å². The molecule has 0 amide bonds. The van der Waals surface area contributed by atoms with Gasteiger partial charge in [-0.05, 0) is 13.0 Å². The van der Waals surface area contributed by atoms with Gasteiger partial charge in [-0.3, -0.25) is 9.97 Å². The number of hydrogen-bond acceptors (Lipinski definition) is 4. The Kier molecular flexibility index (Phi) is 4.54. The Morgan fingerprint density at radius 3 is 2.74 bits per heavy atom. The molecule has 2 rings (SSSR count). The first-order valence-electron chi connectivity index (χ1n) is 6.07. The van der Waals surface area contributed by atoms with E-state index >= 15 is 0 Å². The van der Waals surface area contributed by atoms with E-state index in [4.69, 9.17) is 0 Å². The average Bonchev–Trinajstić information content (AvgIpc) is 2.41. The minimum absolute atomic E-state index is 0.260. The lowest BCUT2D eigenvalue weighted by Gasteiger charge is -2.12. The molecule has 0 saturated heterocycles. The van der Waals surface area contributed by atoms with E-state index in [1.165, 1.54) is 6.07 Å². The first-order chi connectivity index (χ1) is 9.16. The van der Waals surface area contributed by atoms with E-state index in [0.29, 0.717) is 12.1 Å². The Hall–Kier alpha value is -1.85. The predicted molar refractivity (Wildman–Crippen MR) is 69.8 cm³/mol. The van der Waals surface area contributed by atoms with Crippen molar-refractivity contribution in [3.05, 3.63) is 59.4 Å². The van der Waals surface area contributed by atoms with Crippen LogP contribution in [0.25, 0.3) is 0 Å². The van der Waals surface area contributed by atoms with Crippen molar-refractivity contribution in [2.24, 2.45) is 0 Å². The third kappa shape index (κ3) is 3.81. The van der Waals surface area contributed by atoms with Crippen molar-refractivity contribution in [3.63, 3.8) is 0 Å². The summed E-state index contributed by atoms with van der Waals surface area (Å²) in [5.74, 6) is -0.396. The Labute approximate surface area is 111 Å². The summed E-state index contributed by atoms with van der Waals surface area (Å²) in [5.41, 5.74) is 1.94. The highest BCUT2D eigenvalue weighted by molar-refractivity contribution is 5.20. The molecule has 5 heteroatoms. The average molecular weight is 261 g/mol. The predicted octanol–water partition coefficient (Wildman–Crippen LogP) is 1.75. The van der Waals surface area contributed by atoms with Gasteiger partial charge in [-0.25, -0.2) is 4.39 Å². The fourth-order valence-electron chi connectivity index (χ4n) is 1.70. The van der Waals surface area contributed by atoms with Gasteiger partial charge in [0.05, 0.1) is 17.5 Å². The Balaban J connectivity index is 1.86. The van der Waals surface area contributed by atoms with Gasteiger partial charge in [-0.1, -0.05) is 18.2 Å². The summed E-state index contributed by atoms with van der Waals surface area (Å²) >= 11 is 0. The van der Waals surface area contributed by atoms with Crippen molar-refractivity contribution in [1.82, 2.24) is 15.3 Å². The SMILES string of the molecule is Cc1cnc(CNCC(O)c2ccccc2F)cn1. The van der Waals surface area contributed by atoms with Crippen molar-refractivity contribution in [1.29, 1.82) is 0 Å². The lowest BCUT2D eigenvalue weighted by atomic mass is 10.1. The summed E-state index contributed by atoms with van der Waals surface area (Å²) in [6.07, 6.45) is 2.49. The zero-order chi connectivity index (χ0) is 13.7. The topological polar surface area (TPSA) is 58.0 Å². The van der Waals surface area contributed by atoms with Crippen molar-refractivity contribution in [2.75, 3.05) is 6.54 Å². The molecular formula is C14H16FN3O. The highest BCUT2D eigenvalue weighted by Crippen LogP contribution is 2.15. The van der Waals surface area contributed by atoms with Crippen LogP contribution in [0.1, 0.15) is 23.1 Å². The van der Waals surface area contributed by atoms with E-state index in [2.05, 4.69) is 15.3 Å². The fourth-order valence-corrected chi connectivity index (χ4v) is 1.70. The molecule has 0 radical (unpaired) electrons. The second-order valence-corrected chi connectivity index (χ2v) is 4.32. The van der Waals surface area contributed by atoms with Crippen molar-refractivity contribution < 1.29 is 9.50 Å². The Bertz CT molecular complexity index is 530. The molecule has 1 unspecified atom stereocenters. The van der Waals surface area contributed by atoms with Gasteiger partial charge in [-0.15, -0.1) is 0 Å². The van der Waals surface area contributed by atoms with Crippen molar-refractivity contribution in [3.8, 4) is 0 Å². The molecule has 1 aromatic heterocycles. The molecule has 1 aromatic carbocycles. The molecule has 0 aliphatic carbocycles. The number of rotatable bonds is 5. The van der Waals surface area contributed by atoms with Gasteiger partial charge in [0.2, 0.25) is 0 Å². The normalized spacial score (nSPS) is 12.4. The lowest BCUT2D eigenvalue weighted by molar-refractivity contribution is 0.169. The molecule has 0 fully saturated rings. The highest BCUT2D eigenvalue weighted by atomic mass is 19.1. The summed E-state index contributed by atoms with van der Waals surface area (Å²) in [4.78, 5) is 8.31. The molecule has 2 N–H and O–H groups in total. The molecule has 4 nitrogen and oxygen atoms in total. The summed E-state index contributed by atoms with van der Waals surface area (Å²) in [7, 11) is 0. The molecule has 100 valence electrons. The van der Waals surface area contributed by atoms with Gasteiger partial charge < -0.3 is 10.4 Å². The van der Waals surface area contributed by atoms with Crippen LogP contribution in [0.4, 0.5) is 4.39 Å². The van der Waals surface area contributed by atoms with Crippen LogP contribution in [-0.2, 0) is 6.54 Å². The fraction of sp³-hybridized carbons (Fsp3) is 0.286. The second-order valence-electron chi connectivity index (χ2n) is 4.32. The highest BCUT2D eigenvalue weighted by Gasteiger charge is 2.11. The quantitative estimate of drug-likeness (QED) is 0.861. The van der Waals surface area contributed by atoms with Crippen LogP contribution in [-0.4, -0.2) is 21.6 Å². The number of hydrogen-bond donors (Lipinski definition) is 2. The van der Waals surface area contributed by atoms with Crippen molar-refractivity contribution in [2.45, 2.75) is 19.6 Å². The summed E-state index contributed by atoms with van der Waals surface area (Å²) in [6.45, 7) is 2.61. The molecule has 0 bridgehead atoms. The van der Waals surface area contributed by atoms with Gasteiger partial charge in [0.1, 0.15) is 5.82 Å². The van der Waals surface area contributed by atoms with Gasteiger partial charge >= 0.3 is 0 Å². The summed E-state index contributed by atoms with van der Waals surface area (Å²) in [5, 5.41) is 12.9. The first kappa shape index (κ1) is 13.6. The van der Waals surface area contributed by atoms with Crippen LogP contribution in [0.2, 0.25) is 0 Å². The second kappa shape index (κ2) is 6.36. The number of aliphatic hydroxyl groups is 1. The monoisotopic (exact) mass is 261 g/mol. The van der Waals surface area contributed by atoms with E-state index in [1.807, 2.05) is 6.92 Å². The lowest BCUT2D eigenvalue weighted by Crippen LogP contribution is -2.22. The van der Waals surface area contributed by atoms with Gasteiger partial charge in [0.15, 0.2) is 0 Å². The molecule has 19 heavy (non-hydrogen) atoms. The molecule has 0 saturated carbocycles. The summed E-state index contributed by atoms with van der Waals surface area (Å²) in [6, 6.07) is 6.21. The minimum atomic E-state index is -0.875. The van der Waals surface area contributed by atoms with Crippen LogP contribution in [0, 0.1) is 12.7 Å². The minimum Gasteiger partial charge on any atom is -0.387 e. The first-order valence-corrected chi connectivity index (χ1v) is 6.07. The van der Waals surface area contributed by atoms with Gasteiger partial charge in [0, 0.05) is 31.0 Å². The van der Waals surface area contributed by atoms with Gasteiger partial charge in [0.25, 0.3) is 0 Å². The molecule has 0 spiro atoms. The van der Waals surface area contributed by atoms with E-state index in [-0.39, 0.29) is 6.54 Å². The molecule has 1 heterocycles. The number of aryl methyl sites for hydroxylation is 1. The van der Waals surface area contributed by atoms with Crippen molar-refractivity contribution >= 4 is 0 Å². The molecule has 2 aromatic rings.